The number of aryl methyl sites for hydroxylation is 1. The fourth-order valence-electron chi connectivity index (χ4n) is 4.13. The molecule has 5 rings (SSSR count). The third-order valence-corrected chi connectivity index (χ3v) is 5.25. The van der Waals surface area contributed by atoms with Gasteiger partial charge in [-0.2, -0.15) is 10.4 Å². The van der Waals surface area contributed by atoms with Gasteiger partial charge in [0.15, 0.2) is 0 Å². The summed E-state index contributed by atoms with van der Waals surface area (Å²) in [6.45, 7) is 1.80. The lowest BCUT2D eigenvalue weighted by Gasteiger charge is -2.32. The monoisotopic (exact) mass is 369 g/mol. The van der Waals surface area contributed by atoms with E-state index in [1.807, 2.05) is 48.5 Å². The second-order valence-corrected chi connectivity index (χ2v) is 6.72. The molecule has 1 amide bonds. The fraction of sp³-hybridized carbons (Fsp3) is 0.0952. The van der Waals surface area contributed by atoms with Gasteiger partial charge in [-0.1, -0.05) is 36.4 Å². The molecule has 0 saturated heterocycles. The third-order valence-electron chi connectivity index (χ3n) is 5.25. The van der Waals surface area contributed by atoms with E-state index in [0.717, 1.165) is 5.69 Å². The topological polar surface area (TPSA) is 106 Å². The van der Waals surface area contributed by atoms with Gasteiger partial charge in [-0.15, -0.1) is 0 Å². The van der Waals surface area contributed by atoms with E-state index in [0.29, 0.717) is 28.4 Å². The number of nitrogens with one attached hydrogen (secondary N) is 1. The van der Waals surface area contributed by atoms with Crippen molar-refractivity contribution in [3.63, 3.8) is 0 Å². The van der Waals surface area contributed by atoms with Crippen molar-refractivity contribution >= 4 is 11.6 Å². The summed E-state index contributed by atoms with van der Waals surface area (Å²) in [6, 6.07) is 18.8. The number of nitriles is 1. The molecule has 3 heterocycles. The highest BCUT2D eigenvalue weighted by Crippen LogP contribution is 2.54. The Balaban J connectivity index is 1.90. The first-order valence-electron chi connectivity index (χ1n) is 8.73. The average Bonchev–Trinajstić information content (AvgIpc) is 3.18. The second-order valence-electron chi connectivity index (χ2n) is 6.72. The highest BCUT2D eigenvalue weighted by molar-refractivity contribution is 6.12. The molecule has 1 aromatic heterocycles. The maximum absolute atomic E-state index is 13.3. The van der Waals surface area contributed by atoms with E-state index < -0.39 is 5.41 Å². The van der Waals surface area contributed by atoms with Gasteiger partial charge in [0, 0.05) is 11.3 Å². The molecule has 2 aromatic carbocycles. The molecule has 2 aliphatic rings. The van der Waals surface area contributed by atoms with Gasteiger partial charge in [-0.25, -0.2) is 4.68 Å². The van der Waals surface area contributed by atoms with Gasteiger partial charge in [0.05, 0.1) is 16.9 Å². The molecule has 0 radical (unpaired) electrons. The number of nitrogens with zero attached hydrogens (tertiary/aromatic N) is 3. The quantitative estimate of drug-likeness (QED) is 0.685. The molecule has 0 unspecified atom stereocenters. The van der Waals surface area contributed by atoms with Crippen LogP contribution >= 0.6 is 0 Å². The van der Waals surface area contributed by atoms with Gasteiger partial charge in [-0.05, 0) is 25.1 Å². The lowest BCUT2D eigenvalue weighted by Crippen LogP contribution is -2.42. The summed E-state index contributed by atoms with van der Waals surface area (Å²) in [5.41, 5.74) is 8.03. The SMILES string of the molecule is Cc1nn(-c2ccccc2)c2c1[C@@]1(C(=O)Nc3ccccc31)C(C#N)=C(N)O2. The number of aromatic nitrogens is 2. The molecule has 7 heteroatoms. The molecule has 2 aliphatic heterocycles. The van der Waals surface area contributed by atoms with Crippen LogP contribution in [-0.2, 0) is 10.2 Å². The zero-order valence-electron chi connectivity index (χ0n) is 14.9. The first-order chi connectivity index (χ1) is 13.6. The molecule has 0 saturated carbocycles. The molecule has 136 valence electrons. The van der Waals surface area contributed by atoms with Gasteiger partial charge in [0.1, 0.15) is 17.1 Å². The molecular formula is C21H15N5O2. The van der Waals surface area contributed by atoms with E-state index in [-0.39, 0.29) is 17.4 Å². The lowest BCUT2D eigenvalue weighted by molar-refractivity contribution is -0.118. The normalized spacial score (nSPS) is 19.6. The average molecular weight is 369 g/mol. The van der Waals surface area contributed by atoms with Crippen molar-refractivity contribution in [2.45, 2.75) is 12.3 Å². The minimum atomic E-state index is -1.39. The molecule has 7 nitrogen and oxygen atoms in total. The van der Waals surface area contributed by atoms with Crippen molar-refractivity contribution in [2.75, 3.05) is 5.32 Å². The number of anilines is 1. The number of carbonyl (C=O) groups is 1. The minimum Gasteiger partial charge on any atom is -0.422 e. The van der Waals surface area contributed by atoms with Crippen LogP contribution in [0.15, 0.2) is 66.1 Å². The summed E-state index contributed by atoms with van der Waals surface area (Å²) in [4.78, 5) is 13.3. The zero-order chi connectivity index (χ0) is 19.5. The number of ether oxygens (including phenoxy) is 1. The third kappa shape index (κ3) is 1.81. The van der Waals surface area contributed by atoms with Crippen LogP contribution in [0.25, 0.3) is 5.69 Å². The highest BCUT2D eigenvalue weighted by atomic mass is 16.5. The van der Waals surface area contributed by atoms with E-state index in [4.69, 9.17) is 10.5 Å². The Bertz CT molecular complexity index is 1220. The molecule has 3 aromatic rings. The Kier molecular flexibility index (Phi) is 3.16. The first kappa shape index (κ1) is 16.1. The number of amides is 1. The Morgan fingerprint density at radius 1 is 1.18 bits per heavy atom. The van der Waals surface area contributed by atoms with Crippen LogP contribution in [0.5, 0.6) is 5.88 Å². The van der Waals surface area contributed by atoms with Crippen LogP contribution in [0.1, 0.15) is 16.8 Å². The largest absolute Gasteiger partial charge is 0.422 e. The van der Waals surface area contributed by atoms with Crippen molar-refractivity contribution in [3.05, 3.63) is 82.9 Å². The molecule has 3 N–H and O–H groups in total. The van der Waals surface area contributed by atoms with Crippen LogP contribution < -0.4 is 15.8 Å². The van der Waals surface area contributed by atoms with Gasteiger partial charge in [-0.3, -0.25) is 4.79 Å². The van der Waals surface area contributed by atoms with E-state index in [2.05, 4.69) is 16.5 Å². The number of carbonyl (C=O) groups excluding carboxylic acids is 1. The van der Waals surface area contributed by atoms with Crippen LogP contribution in [0, 0.1) is 18.3 Å². The number of hydrogen-bond acceptors (Lipinski definition) is 5. The van der Waals surface area contributed by atoms with E-state index in [1.54, 1.807) is 17.7 Å². The Hall–Kier alpha value is -4.05. The molecule has 0 bridgehead atoms. The van der Waals surface area contributed by atoms with Crippen molar-refractivity contribution in [1.82, 2.24) is 9.78 Å². The zero-order valence-corrected chi connectivity index (χ0v) is 14.9. The van der Waals surface area contributed by atoms with E-state index in [1.165, 1.54) is 0 Å². The van der Waals surface area contributed by atoms with Crippen LogP contribution in [0.3, 0.4) is 0 Å². The summed E-state index contributed by atoms with van der Waals surface area (Å²) < 4.78 is 7.46. The summed E-state index contributed by atoms with van der Waals surface area (Å²) in [6.07, 6.45) is 0. The predicted molar refractivity (Wildman–Crippen MR) is 102 cm³/mol. The fourth-order valence-corrected chi connectivity index (χ4v) is 4.13. The van der Waals surface area contributed by atoms with Crippen LogP contribution in [0.4, 0.5) is 5.69 Å². The number of rotatable bonds is 1. The first-order valence-corrected chi connectivity index (χ1v) is 8.73. The van der Waals surface area contributed by atoms with Crippen LogP contribution in [0.2, 0.25) is 0 Å². The maximum atomic E-state index is 13.3. The molecule has 1 atom stereocenters. The molecule has 0 aliphatic carbocycles. The smallest absolute Gasteiger partial charge is 0.245 e. The number of hydrogen-bond donors (Lipinski definition) is 2. The summed E-state index contributed by atoms with van der Waals surface area (Å²) in [5, 5.41) is 17.4. The maximum Gasteiger partial charge on any atom is 0.245 e. The second kappa shape index (κ2) is 5.47. The molecule has 0 fully saturated rings. The van der Waals surface area contributed by atoms with E-state index in [9.17, 15) is 10.1 Å². The molecular weight excluding hydrogens is 354 g/mol. The number of benzene rings is 2. The minimum absolute atomic E-state index is 0.0677. The summed E-state index contributed by atoms with van der Waals surface area (Å²) in [7, 11) is 0. The standard InChI is InChI=1S/C21H15N5O2/c1-12-17-19(26(25-12)13-7-3-2-4-8-13)28-18(23)15(11-22)21(17)14-9-5-6-10-16(14)24-20(21)27/h2-10H,23H2,1H3,(H,24,27)/t21-/m0/s1. The Morgan fingerprint density at radius 2 is 1.89 bits per heavy atom. The van der Waals surface area contributed by atoms with Crippen molar-refractivity contribution < 1.29 is 9.53 Å². The summed E-state index contributed by atoms with van der Waals surface area (Å²) in [5.74, 6) is -0.0977. The Morgan fingerprint density at radius 3 is 2.64 bits per heavy atom. The molecule has 1 spiro atoms. The highest BCUT2D eigenvalue weighted by Gasteiger charge is 2.58. The number of para-hydroxylation sites is 2. The number of fused-ring (bicyclic) bond motifs is 4. The van der Waals surface area contributed by atoms with Gasteiger partial charge in [0.25, 0.3) is 0 Å². The van der Waals surface area contributed by atoms with Crippen LogP contribution in [-0.4, -0.2) is 15.7 Å². The van der Waals surface area contributed by atoms with Crippen molar-refractivity contribution in [1.29, 1.82) is 5.26 Å². The lowest BCUT2D eigenvalue weighted by atomic mass is 9.69. The van der Waals surface area contributed by atoms with Gasteiger partial charge < -0.3 is 15.8 Å². The van der Waals surface area contributed by atoms with E-state index >= 15 is 0 Å². The van der Waals surface area contributed by atoms with Gasteiger partial charge >= 0.3 is 0 Å². The predicted octanol–water partition coefficient (Wildman–Crippen LogP) is 2.51. The Labute approximate surface area is 160 Å². The van der Waals surface area contributed by atoms with Crippen molar-refractivity contribution in [2.24, 2.45) is 5.73 Å². The number of nitrogens with two attached hydrogens (primary N) is 1. The molecule has 28 heavy (non-hydrogen) atoms. The van der Waals surface area contributed by atoms with Crippen molar-refractivity contribution in [3.8, 4) is 17.6 Å². The van der Waals surface area contributed by atoms with Gasteiger partial charge in [0.2, 0.25) is 17.7 Å². The summed E-state index contributed by atoms with van der Waals surface area (Å²) >= 11 is 0.